The molecule has 108 valence electrons. The number of hydrogen-bond donors (Lipinski definition) is 4. The molecule has 0 aliphatic heterocycles. The predicted molar refractivity (Wildman–Crippen MR) is 74.7 cm³/mol. The van der Waals surface area contributed by atoms with Gasteiger partial charge in [0, 0.05) is 18.2 Å². The van der Waals surface area contributed by atoms with Crippen LogP contribution in [-0.4, -0.2) is 34.1 Å². The summed E-state index contributed by atoms with van der Waals surface area (Å²) in [6, 6.07) is 8.15. The number of nitrogens with one attached hydrogen (secondary N) is 1. The first-order valence-electron chi connectivity index (χ1n) is 6.06. The molecule has 0 aliphatic rings. The lowest BCUT2D eigenvalue weighted by atomic mass is 10.0. The van der Waals surface area contributed by atoms with Crippen LogP contribution in [0, 0.1) is 0 Å². The summed E-state index contributed by atoms with van der Waals surface area (Å²) >= 11 is 0. The fourth-order valence-electron chi connectivity index (χ4n) is 1.83. The van der Waals surface area contributed by atoms with Crippen molar-refractivity contribution >= 4 is 11.7 Å². The minimum Gasteiger partial charge on any atom is -0.504 e. The van der Waals surface area contributed by atoms with Gasteiger partial charge in [0.15, 0.2) is 17.3 Å². The topological polar surface area (TPSA) is 107 Å². The smallest absolute Gasteiger partial charge is 0.251 e. The van der Waals surface area contributed by atoms with Gasteiger partial charge in [0.25, 0.3) is 5.91 Å². The second-order valence-corrected chi connectivity index (χ2v) is 4.32. The van der Waals surface area contributed by atoms with Gasteiger partial charge in [-0.3, -0.25) is 9.59 Å². The molecule has 0 fully saturated rings. The third kappa shape index (κ3) is 2.64. The Kier molecular flexibility index (Phi) is 3.80. The molecule has 0 radical (unpaired) electrons. The largest absolute Gasteiger partial charge is 0.504 e. The number of carbonyl (C=O) groups is 2. The Morgan fingerprint density at radius 2 is 1.43 bits per heavy atom. The number of benzene rings is 2. The van der Waals surface area contributed by atoms with Gasteiger partial charge >= 0.3 is 0 Å². The number of carbonyl (C=O) groups excluding carboxylic acids is 2. The van der Waals surface area contributed by atoms with E-state index in [2.05, 4.69) is 5.32 Å². The van der Waals surface area contributed by atoms with Crippen molar-refractivity contribution in [2.75, 3.05) is 7.05 Å². The molecule has 0 saturated heterocycles. The lowest BCUT2D eigenvalue weighted by Crippen LogP contribution is -2.17. The van der Waals surface area contributed by atoms with Gasteiger partial charge in [0.05, 0.1) is 5.56 Å². The number of ketones is 1. The molecule has 6 nitrogen and oxygen atoms in total. The normalized spacial score (nSPS) is 10.1. The van der Waals surface area contributed by atoms with E-state index in [4.69, 9.17) is 0 Å². The quantitative estimate of drug-likeness (QED) is 0.504. The van der Waals surface area contributed by atoms with Crippen LogP contribution >= 0.6 is 0 Å². The average molecular weight is 287 g/mol. The summed E-state index contributed by atoms with van der Waals surface area (Å²) in [5.74, 6) is -2.76. The third-order valence-corrected chi connectivity index (χ3v) is 3.01. The number of phenols is 3. The Bertz CT molecular complexity index is 707. The summed E-state index contributed by atoms with van der Waals surface area (Å²) in [4.78, 5) is 23.6. The van der Waals surface area contributed by atoms with Gasteiger partial charge < -0.3 is 20.6 Å². The van der Waals surface area contributed by atoms with E-state index in [-0.39, 0.29) is 17.0 Å². The van der Waals surface area contributed by atoms with E-state index in [1.54, 1.807) is 0 Å². The molecule has 2 aromatic carbocycles. The van der Waals surface area contributed by atoms with Gasteiger partial charge in [-0.15, -0.1) is 0 Å². The van der Waals surface area contributed by atoms with Crippen LogP contribution in [0.2, 0.25) is 0 Å². The van der Waals surface area contributed by atoms with Gasteiger partial charge in [-0.25, -0.2) is 0 Å². The molecule has 0 bridgehead atoms. The highest BCUT2D eigenvalue weighted by molar-refractivity contribution is 6.11. The molecule has 0 atom stereocenters. The second-order valence-electron chi connectivity index (χ2n) is 4.32. The fourth-order valence-corrected chi connectivity index (χ4v) is 1.83. The molecule has 0 unspecified atom stereocenters. The van der Waals surface area contributed by atoms with Crippen molar-refractivity contribution in [2.24, 2.45) is 0 Å². The van der Waals surface area contributed by atoms with Crippen LogP contribution < -0.4 is 5.32 Å². The van der Waals surface area contributed by atoms with Crippen LogP contribution in [0.25, 0.3) is 0 Å². The van der Waals surface area contributed by atoms with Gasteiger partial charge in [-0.05, 0) is 24.3 Å². The summed E-state index contributed by atoms with van der Waals surface area (Å²) in [5, 5.41) is 30.8. The summed E-state index contributed by atoms with van der Waals surface area (Å²) in [6.07, 6.45) is 0. The monoisotopic (exact) mass is 287 g/mol. The van der Waals surface area contributed by atoms with Crippen LogP contribution in [0.1, 0.15) is 26.3 Å². The zero-order chi connectivity index (χ0) is 15.6. The maximum atomic E-state index is 12.2. The molecule has 0 saturated carbocycles. The van der Waals surface area contributed by atoms with Crippen LogP contribution in [0.4, 0.5) is 0 Å². The number of aromatic hydroxyl groups is 3. The molecule has 0 aromatic heterocycles. The molecular weight excluding hydrogens is 274 g/mol. The first kappa shape index (κ1) is 14.4. The maximum Gasteiger partial charge on any atom is 0.251 e. The highest BCUT2D eigenvalue weighted by Gasteiger charge is 2.18. The van der Waals surface area contributed by atoms with Gasteiger partial charge in [0.2, 0.25) is 5.75 Å². The highest BCUT2D eigenvalue weighted by atomic mass is 16.3. The van der Waals surface area contributed by atoms with E-state index < -0.39 is 23.0 Å². The SMILES string of the molecule is CNC(=O)c1ccc(C(=O)c2ccc(O)c(O)c2O)cc1. The minimum atomic E-state index is -0.747. The Hall–Kier alpha value is -3.02. The van der Waals surface area contributed by atoms with Crippen molar-refractivity contribution in [1.29, 1.82) is 0 Å². The highest BCUT2D eigenvalue weighted by Crippen LogP contribution is 2.37. The summed E-state index contributed by atoms with van der Waals surface area (Å²) in [6.45, 7) is 0. The molecule has 1 amide bonds. The predicted octanol–water partition coefficient (Wildman–Crippen LogP) is 1.39. The Morgan fingerprint density at radius 3 is 2.00 bits per heavy atom. The van der Waals surface area contributed by atoms with E-state index in [1.807, 2.05) is 0 Å². The van der Waals surface area contributed by atoms with Crippen LogP contribution in [0.15, 0.2) is 36.4 Å². The zero-order valence-electron chi connectivity index (χ0n) is 11.1. The first-order valence-corrected chi connectivity index (χ1v) is 6.06. The van der Waals surface area contributed by atoms with Crippen molar-refractivity contribution in [3.8, 4) is 17.2 Å². The van der Waals surface area contributed by atoms with Crippen LogP contribution in [0.5, 0.6) is 17.2 Å². The molecule has 0 heterocycles. The lowest BCUT2D eigenvalue weighted by Gasteiger charge is -2.07. The Morgan fingerprint density at radius 1 is 0.857 bits per heavy atom. The fraction of sp³-hybridized carbons (Fsp3) is 0.0667. The molecule has 21 heavy (non-hydrogen) atoms. The molecule has 6 heteroatoms. The van der Waals surface area contributed by atoms with E-state index >= 15 is 0 Å². The van der Waals surface area contributed by atoms with Gasteiger partial charge in [-0.2, -0.15) is 0 Å². The van der Waals surface area contributed by atoms with Crippen molar-refractivity contribution < 1.29 is 24.9 Å². The summed E-state index contributed by atoms with van der Waals surface area (Å²) in [5.41, 5.74) is 0.493. The molecular formula is C15H13NO5. The second kappa shape index (κ2) is 5.54. The van der Waals surface area contributed by atoms with Gasteiger partial charge in [-0.1, -0.05) is 12.1 Å². The van der Waals surface area contributed by atoms with Crippen molar-refractivity contribution in [3.05, 3.63) is 53.1 Å². The molecule has 2 aromatic rings. The molecule has 4 N–H and O–H groups in total. The summed E-state index contributed by atoms with van der Waals surface area (Å²) in [7, 11) is 1.50. The number of hydrogen-bond acceptors (Lipinski definition) is 5. The van der Waals surface area contributed by atoms with Crippen LogP contribution in [-0.2, 0) is 0 Å². The maximum absolute atomic E-state index is 12.2. The number of rotatable bonds is 3. The lowest BCUT2D eigenvalue weighted by molar-refractivity contribution is 0.0961. The zero-order valence-corrected chi connectivity index (χ0v) is 11.1. The first-order chi connectivity index (χ1) is 9.95. The molecule has 2 rings (SSSR count). The van der Waals surface area contributed by atoms with Crippen molar-refractivity contribution in [2.45, 2.75) is 0 Å². The van der Waals surface area contributed by atoms with Crippen molar-refractivity contribution in [1.82, 2.24) is 5.32 Å². The Labute approximate surface area is 120 Å². The number of phenolic OH excluding ortho intramolecular Hbond substituents is 3. The average Bonchev–Trinajstić information content (AvgIpc) is 2.51. The van der Waals surface area contributed by atoms with E-state index in [0.29, 0.717) is 5.56 Å². The Balaban J connectivity index is 2.37. The number of amides is 1. The van der Waals surface area contributed by atoms with Gasteiger partial charge in [0.1, 0.15) is 0 Å². The van der Waals surface area contributed by atoms with E-state index in [0.717, 1.165) is 6.07 Å². The van der Waals surface area contributed by atoms with E-state index in [1.165, 1.54) is 37.4 Å². The van der Waals surface area contributed by atoms with Crippen molar-refractivity contribution in [3.63, 3.8) is 0 Å². The third-order valence-electron chi connectivity index (χ3n) is 3.01. The molecule has 0 spiro atoms. The minimum absolute atomic E-state index is 0.141. The standard InChI is InChI=1S/C15H13NO5/c1-16-15(21)9-4-2-8(3-5-9)12(18)10-6-7-11(17)14(20)13(10)19/h2-7,17,19-20H,1H3,(H,16,21). The van der Waals surface area contributed by atoms with Crippen LogP contribution in [0.3, 0.4) is 0 Å². The molecule has 0 aliphatic carbocycles. The van der Waals surface area contributed by atoms with E-state index in [9.17, 15) is 24.9 Å². The summed E-state index contributed by atoms with van der Waals surface area (Å²) < 4.78 is 0.